The Morgan fingerprint density at radius 2 is 2.00 bits per heavy atom. The number of ether oxygens (including phenoxy) is 1. The molecule has 0 bridgehead atoms. The first-order valence-corrected chi connectivity index (χ1v) is 5.91. The lowest BCUT2D eigenvalue weighted by atomic mass is 10.3. The summed E-state index contributed by atoms with van der Waals surface area (Å²) in [4.78, 5) is 4.34. The second kappa shape index (κ2) is 5.39. The third-order valence-corrected chi connectivity index (χ3v) is 2.75. The number of nitrogens with zero attached hydrogens (tertiary/aromatic N) is 1. The molecule has 2 aromatic rings. The fourth-order valence-electron chi connectivity index (χ4n) is 1.42. The average Bonchev–Trinajstić information content (AvgIpc) is 2.28. The lowest BCUT2D eigenvalue weighted by Gasteiger charge is -2.08. The Balaban J connectivity index is 2.07. The summed E-state index contributed by atoms with van der Waals surface area (Å²) >= 11 is 11.8. The van der Waals surface area contributed by atoms with Crippen molar-refractivity contribution in [2.45, 2.75) is 13.5 Å². The van der Waals surface area contributed by atoms with Crippen molar-refractivity contribution in [3.05, 3.63) is 57.8 Å². The number of rotatable bonds is 3. The predicted octanol–water partition coefficient (Wildman–Crippen LogP) is 4.28. The van der Waals surface area contributed by atoms with Crippen LogP contribution < -0.4 is 4.74 Å². The van der Waals surface area contributed by atoms with E-state index >= 15 is 0 Å². The third-order valence-electron chi connectivity index (χ3n) is 2.22. The fourth-order valence-corrected chi connectivity index (χ4v) is 1.89. The van der Waals surface area contributed by atoms with Crippen LogP contribution in [0.4, 0.5) is 0 Å². The highest BCUT2D eigenvalue weighted by molar-refractivity contribution is 6.35. The van der Waals surface area contributed by atoms with Gasteiger partial charge in [0.2, 0.25) is 0 Å². The first-order valence-electron chi connectivity index (χ1n) is 5.15. The van der Waals surface area contributed by atoms with E-state index in [-0.39, 0.29) is 0 Å². The maximum absolute atomic E-state index is 6.00. The summed E-state index contributed by atoms with van der Waals surface area (Å²) in [6.07, 6.45) is 0. The first-order chi connectivity index (χ1) is 8.15. The zero-order chi connectivity index (χ0) is 12.3. The molecule has 2 nitrogen and oxygen atoms in total. The molecule has 0 atom stereocenters. The SMILES string of the molecule is Cc1cccc(COc2ccc(Cl)cc2Cl)n1. The lowest BCUT2D eigenvalue weighted by molar-refractivity contribution is 0.301. The van der Waals surface area contributed by atoms with Gasteiger partial charge < -0.3 is 4.74 Å². The van der Waals surface area contributed by atoms with E-state index in [2.05, 4.69) is 4.98 Å². The predicted molar refractivity (Wildman–Crippen MR) is 69.8 cm³/mol. The van der Waals surface area contributed by atoms with Crippen LogP contribution in [0.1, 0.15) is 11.4 Å². The van der Waals surface area contributed by atoms with E-state index < -0.39 is 0 Å². The molecule has 17 heavy (non-hydrogen) atoms. The van der Waals surface area contributed by atoms with Gasteiger partial charge in [-0.1, -0.05) is 29.3 Å². The van der Waals surface area contributed by atoms with E-state index in [1.54, 1.807) is 18.2 Å². The molecule has 2 rings (SSSR count). The minimum absolute atomic E-state index is 0.392. The van der Waals surface area contributed by atoms with Gasteiger partial charge in [0.1, 0.15) is 12.4 Å². The van der Waals surface area contributed by atoms with Crippen LogP contribution >= 0.6 is 23.2 Å². The number of halogens is 2. The Hall–Kier alpha value is -1.25. The number of pyridine rings is 1. The van der Waals surface area contributed by atoms with Crippen LogP contribution in [-0.4, -0.2) is 4.98 Å². The maximum Gasteiger partial charge on any atom is 0.138 e. The van der Waals surface area contributed by atoms with E-state index in [1.165, 1.54) is 0 Å². The second-order valence-electron chi connectivity index (χ2n) is 3.63. The minimum atomic E-state index is 0.392. The smallest absolute Gasteiger partial charge is 0.138 e. The summed E-state index contributed by atoms with van der Waals surface area (Å²) in [6.45, 7) is 2.34. The van der Waals surface area contributed by atoms with Crippen LogP contribution in [0.15, 0.2) is 36.4 Å². The van der Waals surface area contributed by atoms with Gasteiger partial charge in [-0.05, 0) is 37.3 Å². The molecular weight excluding hydrogens is 257 g/mol. The van der Waals surface area contributed by atoms with Crippen molar-refractivity contribution in [1.82, 2.24) is 4.98 Å². The normalized spacial score (nSPS) is 10.3. The molecule has 88 valence electrons. The number of aromatic nitrogens is 1. The van der Waals surface area contributed by atoms with Crippen LogP contribution in [0, 0.1) is 6.92 Å². The molecule has 0 aliphatic carbocycles. The van der Waals surface area contributed by atoms with Crippen molar-refractivity contribution in [3.8, 4) is 5.75 Å². The quantitative estimate of drug-likeness (QED) is 0.829. The van der Waals surface area contributed by atoms with Crippen molar-refractivity contribution in [2.24, 2.45) is 0 Å². The molecule has 0 radical (unpaired) electrons. The molecule has 0 saturated carbocycles. The highest BCUT2D eigenvalue weighted by Gasteiger charge is 2.03. The van der Waals surface area contributed by atoms with Gasteiger partial charge in [0, 0.05) is 10.7 Å². The van der Waals surface area contributed by atoms with Crippen LogP contribution in [0.3, 0.4) is 0 Å². The summed E-state index contributed by atoms with van der Waals surface area (Å²) in [5.41, 5.74) is 1.84. The van der Waals surface area contributed by atoms with Crippen LogP contribution in [0.5, 0.6) is 5.75 Å². The summed E-state index contributed by atoms with van der Waals surface area (Å²) < 4.78 is 5.58. The molecule has 0 aliphatic rings. The molecule has 0 fully saturated rings. The van der Waals surface area contributed by atoms with Crippen LogP contribution in [-0.2, 0) is 6.61 Å². The molecule has 0 N–H and O–H groups in total. The molecule has 0 unspecified atom stereocenters. The molecular formula is C13H11Cl2NO. The molecule has 0 amide bonds. The van der Waals surface area contributed by atoms with E-state index in [9.17, 15) is 0 Å². The van der Waals surface area contributed by atoms with E-state index in [4.69, 9.17) is 27.9 Å². The summed E-state index contributed by atoms with van der Waals surface area (Å²) in [5, 5.41) is 1.10. The molecule has 0 aliphatic heterocycles. The monoisotopic (exact) mass is 267 g/mol. The molecule has 0 spiro atoms. The molecule has 1 aromatic carbocycles. The number of hydrogen-bond donors (Lipinski definition) is 0. The lowest BCUT2D eigenvalue weighted by Crippen LogP contribution is -1.99. The van der Waals surface area contributed by atoms with Crippen molar-refractivity contribution in [1.29, 1.82) is 0 Å². The van der Waals surface area contributed by atoms with Gasteiger partial charge in [0.25, 0.3) is 0 Å². The highest BCUT2D eigenvalue weighted by Crippen LogP contribution is 2.27. The van der Waals surface area contributed by atoms with Crippen molar-refractivity contribution < 1.29 is 4.74 Å². The van der Waals surface area contributed by atoms with Gasteiger partial charge in [-0.3, -0.25) is 4.98 Å². The third kappa shape index (κ3) is 3.35. The number of hydrogen-bond acceptors (Lipinski definition) is 2. The van der Waals surface area contributed by atoms with Gasteiger partial charge in [-0.25, -0.2) is 0 Å². The summed E-state index contributed by atoms with van der Waals surface area (Å²) in [6, 6.07) is 11.0. The van der Waals surface area contributed by atoms with Crippen molar-refractivity contribution >= 4 is 23.2 Å². The van der Waals surface area contributed by atoms with E-state index in [0.29, 0.717) is 22.4 Å². The van der Waals surface area contributed by atoms with Gasteiger partial charge in [-0.15, -0.1) is 0 Å². The molecule has 0 saturated heterocycles. The van der Waals surface area contributed by atoms with Crippen molar-refractivity contribution in [3.63, 3.8) is 0 Å². The van der Waals surface area contributed by atoms with E-state index in [0.717, 1.165) is 11.4 Å². The first kappa shape index (κ1) is 12.2. The largest absolute Gasteiger partial charge is 0.486 e. The van der Waals surface area contributed by atoms with Crippen LogP contribution in [0.25, 0.3) is 0 Å². The zero-order valence-corrected chi connectivity index (χ0v) is 10.8. The topological polar surface area (TPSA) is 22.1 Å². The van der Waals surface area contributed by atoms with Gasteiger partial charge in [-0.2, -0.15) is 0 Å². The molecule has 1 heterocycles. The Morgan fingerprint density at radius 1 is 1.18 bits per heavy atom. The Morgan fingerprint density at radius 3 is 2.71 bits per heavy atom. The number of benzene rings is 1. The average molecular weight is 268 g/mol. The standard InChI is InChI=1S/C13H11Cl2NO/c1-9-3-2-4-11(16-9)8-17-13-6-5-10(14)7-12(13)15/h2-7H,8H2,1H3. The fraction of sp³-hybridized carbons (Fsp3) is 0.154. The summed E-state index contributed by atoms with van der Waals surface area (Å²) in [5.74, 6) is 0.611. The number of aryl methyl sites for hydroxylation is 1. The Labute approximate surface area is 110 Å². The Bertz CT molecular complexity index is 529. The maximum atomic E-state index is 6.00. The zero-order valence-electron chi connectivity index (χ0n) is 9.28. The molecule has 1 aromatic heterocycles. The van der Waals surface area contributed by atoms with Gasteiger partial charge in [0.15, 0.2) is 0 Å². The second-order valence-corrected chi connectivity index (χ2v) is 4.48. The van der Waals surface area contributed by atoms with Gasteiger partial charge in [0.05, 0.1) is 10.7 Å². The van der Waals surface area contributed by atoms with Gasteiger partial charge >= 0.3 is 0 Å². The summed E-state index contributed by atoms with van der Waals surface area (Å²) in [7, 11) is 0. The Kier molecular flexibility index (Phi) is 3.87. The van der Waals surface area contributed by atoms with Crippen LogP contribution in [0.2, 0.25) is 10.0 Å². The van der Waals surface area contributed by atoms with Crippen molar-refractivity contribution in [2.75, 3.05) is 0 Å². The highest BCUT2D eigenvalue weighted by atomic mass is 35.5. The van der Waals surface area contributed by atoms with E-state index in [1.807, 2.05) is 25.1 Å². The molecule has 4 heteroatoms. The minimum Gasteiger partial charge on any atom is -0.486 e.